The number of hydrogen-bond donors (Lipinski definition) is 1. The third kappa shape index (κ3) is 2.15. The van der Waals surface area contributed by atoms with Gasteiger partial charge in [0.2, 0.25) is 0 Å². The van der Waals surface area contributed by atoms with Crippen LogP contribution in [0.1, 0.15) is 18.9 Å². The number of anilines is 1. The van der Waals surface area contributed by atoms with Crippen molar-refractivity contribution < 1.29 is 0 Å². The summed E-state index contributed by atoms with van der Waals surface area (Å²) < 4.78 is 0. The molecular formula is C12H16N4. The van der Waals surface area contributed by atoms with Crippen molar-refractivity contribution in [1.29, 1.82) is 5.26 Å². The average molecular weight is 216 g/mol. The van der Waals surface area contributed by atoms with Crippen LogP contribution in [0, 0.1) is 17.2 Å². The van der Waals surface area contributed by atoms with Gasteiger partial charge in [-0.25, -0.2) is 4.98 Å². The first-order valence-corrected chi connectivity index (χ1v) is 5.57. The number of pyridine rings is 1. The van der Waals surface area contributed by atoms with E-state index in [1.165, 1.54) is 0 Å². The Balaban J connectivity index is 2.16. The average Bonchev–Trinajstić information content (AvgIpc) is 2.33. The molecule has 4 heteroatoms. The summed E-state index contributed by atoms with van der Waals surface area (Å²) in [5, 5.41) is 8.83. The van der Waals surface area contributed by atoms with Crippen molar-refractivity contribution in [3.05, 3.63) is 23.9 Å². The molecule has 2 atom stereocenters. The van der Waals surface area contributed by atoms with Gasteiger partial charge < -0.3 is 10.6 Å². The number of aromatic nitrogens is 1. The molecule has 0 spiro atoms. The summed E-state index contributed by atoms with van der Waals surface area (Å²) in [4.78, 5) is 6.45. The van der Waals surface area contributed by atoms with Crippen molar-refractivity contribution in [2.45, 2.75) is 19.4 Å². The second-order valence-corrected chi connectivity index (χ2v) is 4.39. The molecule has 0 bridgehead atoms. The topological polar surface area (TPSA) is 65.9 Å². The highest BCUT2D eigenvalue weighted by Crippen LogP contribution is 2.21. The van der Waals surface area contributed by atoms with E-state index >= 15 is 0 Å². The van der Waals surface area contributed by atoms with Gasteiger partial charge >= 0.3 is 0 Å². The fourth-order valence-corrected chi connectivity index (χ4v) is 1.97. The van der Waals surface area contributed by atoms with E-state index in [1.54, 1.807) is 12.3 Å². The van der Waals surface area contributed by atoms with Crippen LogP contribution in [0.4, 0.5) is 5.82 Å². The number of nitrogens with zero attached hydrogens (tertiary/aromatic N) is 3. The summed E-state index contributed by atoms with van der Waals surface area (Å²) >= 11 is 0. The van der Waals surface area contributed by atoms with Crippen molar-refractivity contribution in [1.82, 2.24) is 4.98 Å². The fraction of sp³-hybridized carbons (Fsp3) is 0.500. The highest BCUT2D eigenvalue weighted by molar-refractivity contribution is 5.45. The number of piperidine rings is 1. The van der Waals surface area contributed by atoms with Gasteiger partial charge in [-0.15, -0.1) is 0 Å². The Morgan fingerprint density at radius 2 is 2.44 bits per heavy atom. The van der Waals surface area contributed by atoms with Gasteiger partial charge in [0.1, 0.15) is 5.82 Å². The Labute approximate surface area is 95.7 Å². The quantitative estimate of drug-likeness (QED) is 0.764. The molecule has 1 aromatic heterocycles. The minimum Gasteiger partial charge on any atom is -0.355 e. The zero-order chi connectivity index (χ0) is 11.5. The SMILES string of the molecule is CC1CCN(c2cc(C#N)ccn2)CC1N. The predicted octanol–water partition coefficient (Wildman–Crippen LogP) is 1.13. The molecule has 0 saturated carbocycles. The zero-order valence-electron chi connectivity index (χ0n) is 9.43. The van der Waals surface area contributed by atoms with Crippen LogP contribution in [0.5, 0.6) is 0 Å². The van der Waals surface area contributed by atoms with Crippen molar-refractivity contribution in [3.8, 4) is 6.07 Å². The third-order valence-corrected chi connectivity index (χ3v) is 3.22. The van der Waals surface area contributed by atoms with Gasteiger partial charge in [0, 0.05) is 25.3 Å². The van der Waals surface area contributed by atoms with Crippen LogP contribution in [-0.4, -0.2) is 24.1 Å². The minimum atomic E-state index is 0.196. The Morgan fingerprint density at radius 1 is 1.62 bits per heavy atom. The molecule has 0 amide bonds. The van der Waals surface area contributed by atoms with Crippen LogP contribution < -0.4 is 10.6 Å². The molecule has 0 radical (unpaired) electrons. The molecule has 2 N–H and O–H groups in total. The standard InChI is InChI=1S/C12H16N4/c1-9-3-5-16(8-11(9)14)12-6-10(7-13)2-4-15-12/h2,4,6,9,11H,3,5,8,14H2,1H3. The first kappa shape index (κ1) is 10.9. The monoisotopic (exact) mass is 216 g/mol. The van der Waals surface area contributed by atoms with E-state index in [-0.39, 0.29) is 6.04 Å². The molecule has 1 aliphatic heterocycles. The van der Waals surface area contributed by atoms with E-state index in [4.69, 9.17) is 11.0 Å². The second-order valence-electron chi connectivity index (χ2n) is 4.39. The lowest BCUT2D eigenvalue weighted by molar-refractivity contribution is 0.378. The molecule has 2 heterocycles. The van der Waals surface area contributed by atoms with Crippen molar-refractivity contribution in [3.63, 3.8) is 0 Å². The molecule has 2 rings (SSSR count). The highest BCUT2D eigenvalue weighted by atomic mass is 15.2. The Bertz CT molecular complexity index is 410. The minimum absolute atomic E-state index is 0.196. The van der Waals surface area contributed by atoms with Gasteiger partial charge in [-0.3, -0.25) is 0 Å². The van der Waals surface area contributed by atoms with Gasteiger partial charge in [0.25, 0.3) is 0 Å². The molecule has 1 aliphatic rings. The van der Waals surface area contributed by atoms with Gasteiger partial charge in [-0.1, -0.05) is 6.92 Å². The summed E-state index contributed by atoms with van der Waals surface area (Å²) in [5.74, 6) is 1.43. The van der Waals surface area contributed by atoms with E-state index in [0.717, 1.165) is 25.3 Å². The lowest BCUT2D eigenvalue weighted by atomic mass is 9.94. The molecule has 84 valence electrons. The maximum Gasteiger partial charge on any atom is 0.129 e. The van der Waals surface area contributed by atoms with Gasteiger partial charge in [-0.05, 0) is 24.5 Å². The van der Waals surface area contributed by atoms with E-state index in [1.807, 2.05) is 6.07 Å². The van der Waals surface area contributed by atoms with Crippen molar-refractivity contribution in [2.24, 2.45) is 11.7 Å². The second kappa shape index (κ2) is 4.50. The summed E-state index contributed by atoms with van der Waals surface area (Å²) in [5.41, 5.74) is 6.69. The normalized spacial score (nSPS) is 25.2. The molecular weight excluding hydrogens is 200 g/mol. The van der Waals surface area contributed by atoms with E-state index in [2.05, 4.69) is 22.9 Å². The Morgan fingerprint density at radius 3 is 3.12 bits per heavy atom. The molecule has 0 aliphatic carbocycles. The Hall–Kier alpha value is -1.60. The fourth-order valence-electron chi connectivity index (χ4n) is 1.97. The van der Waals surface area contributed by atoms with Crippen molar-refractivity contribution in [2.75, 3.05) is 18.0 Å². The highest BCUT2D eigenvalue weighted by Gasteiger charge is 2.23. The summed E-state index contributed by atoms with van der Waals surface area (Å²) in [6.07, 6.45) is 2.76. The van der Waals surface area contributed by atoms with Crippen LogP contribution in [0.15, 0.2) is 18.3 Å². The summed E-state index contributed by atoms with van der Waals surface area (Å²) in [7, 11) is 0. The molecule has 2 unspecified atom stereocenters. The summed E-state index contributed by atoms with van der Waals surface area (Å²) in [6, 6.07) is 5.86. The van der Waals surface area contributed by atoms with Crippen LogP contribution >= 0.6 is 0 Å². The zero-order valence-corrected chi connectivity index (χ0v) is 9.43. The van der Waals surface area contributed by atoms with Crippen LogP contribution in [0.3, 0.4) is 0 Å². The van der Waals surface area contributed by atoms with Crippen molar-refractivity contribution >= 4 is 5.82 Å². The lowest BCUT2D eigenvalue weighted by Crippen LogP contribution is -2.47. The molecule has 1 aromatic rings. The van der Waals surface area contributed by atoms with Crippen LogP contribution in [-0.2, 0) is 0 Å². The smallest absolute Gasteiger partial charge is 0.129 e. The number of nitrogens with two attached hydrogens (primary N) is 1. The first-order valence-electron chi connectivity index (χ1n) is 5.57. The maximum absolute atomic E-state index is 8.83. The molecule has 1 fully saturated rings. The first-order chi connectivity index (χ1) is 7.70. The molecule has 4 nitrogen and oxygen atoms in total. The molecule has 16 heavy (non-hydrogen) atoms. The number of rotatable bonds is 1. The summed E-state index contributed by atoms with van der Waals surface area (Å²) in [6.45, 7) is 3.97. The lowest BCUT2D eigenvalue weighted by Gasteiger charge is -2.35. The van der Waals surface area contributed by atoms with Gasteiger partial charge in [-0.2, -0.15) is 5.26 Å². The molecule has 1 saturated heterocycles. The van der Waals surface area contributed by atoms with Gasteiger partial charge in [0.05, 0.1) is 11.6 Å². The maximum atomic E-state index is 8.83. The predicted molar refractivity (Wildman–Crippen MR) is 62.9 cm³/mol. The largest absolute Gasteiger partial charge is 0.355 e. The van der Waals surface area contributed by atoms with Crippen LogP contribution in [0.2, 0.25) is 0 Å². The van der Waals surface area contributed by atoms with E-state index < -0.39 is 0 Å². The molecule has 0 aromatic carbocycles. The Kier molecular flexibility index (Phi) is 3.07. The number of nitriles is 1. The van der Waals surface area contributed by atoms with E-state index in [0.29, 0.717) is 11.5 Å². The number of hydrogen-bond acceptors (Lipinski definition) is 4. The van der Waals surface area contributed by atoms with E-state index in [9.17, 15) is 0 Å². The third-order valence-electron chi connectivity index (χ3n) is 3.22. The van der Waals surface area contributed by atoms with Crippen LogP contribution in [0.25, 0.3) is 0 Å². The van der Waals surface area contributed by atoms with Gasteiger partial charge in [0.15, 0.2) is 0 Å².